The van der Waals surface area contributed by atoms with Gasteiger partial charge >= 0.3 is 0 Å². The Morgan fingerprint density at radius 3 is 2.38 bits per heavy atom. The van der Waals surface area contributed by atoms with E-state index in [0.717, 1.165) is 33.4 Å². The maximum absolute atomic E-state index is 13.5. The van der Waals surface area contributed by atoms with E-state index < -0.39 is 0 Å². The van der Waals surface area contributed by atoms with Crippen molar-refractivity contribution in [3.63, 3.8) is 0 Å². The number of carbonyl (C=O) groups excluding carboxylic acids is 1. The third kappa shape index (κ3) is 4.72. The van der Waals surface area contributed by atoms with Crippen LogP contribution in [0, 0.1) is 0 Å². The molecule has 1 fully saturated rings. The molecular weight excluding hydrogens is 494 g/mol. The molecule has 0 radical (unpaired) electrons. The van der Waals surface area contributed by atoms with E-state index >= 15 is 0 Å². The SMILES string of the molecule is COc1cc(-n2cnc3cc(-c4cnn(C)c4)ccc32)cc(OC)c1C(=O)N1CC(OCc2ccccc2)C1. The van der Waals surface area contributed by atoms with Gasteiger partial charge in [-0.05, 0) is 23.3 Å². The molecule has 1 amide bonds. The highest BCUT2D eigenvalue weighted by atomic mass is 16.5. The number of aryl methyl sites for hydroxylation is 1. The van der Waals surface area contributed by atoms with Crippen molar-refractivity contribution in [1.82, 2.24) is 24.2 Å². The van der Waals surface area contributed by atoms with Crippen LogP contribution in [0.25, 0.3) is 27.8 Å². The van der Waals surface area contributed by atoms with Gasteiger partial charge < -0.3 is 19.1 Å². The third-order valence-corrected chi connectivity index (χ3v) is 7.03. The minimum absolute atomic E-state index is 0.000657. The number of hydrogen-bond acceptors (Lipinski definition) is 6. The van der Waals surface area contributed by atoms with Crippen LogP contribution in [0.5, 0.6) is 11.5 Å². The van der Waals surface area contributed by atoms with Crippen LogP contribution < -0.4 is 9.47 Å². The Labute approximate surface area is 226 Å². The summed E-state index contributed by atoms with van der Waals surface area (Å²) in [6.45, 7) is 1.56. The van der Waals surface area contributed by atoms with Crippen molar-refractivity contribution in [1.29, 1.82) is 0 Å². The van der Waals surface area contributed by atoms with Gasteiger partial charge in [0.2, 0.25) is 0 Å². The van der Waals surface area contributed by atoms with Gasteiger partial charge in [-0.3, -0.25) is 14.0 Å². The molecule has 0 bridgehead atoms. The molecule has 0 aliphatic carbocycles. The molecule has 0 saturated carbocycles. The van der Waals surface area contributed by atoms with Crippen molar-refractivity contribution in [2.24, 2.45) is 7.05 Å². The first kappa shape index (κ1) is 24.7. The highest BCUT2D eigenvalue weighted by Gasteiger charge is 2.35. The Morgan fingerprint density at radius 1 is 0.974 bits per heavy atom. The Bertz CT molecular complexity index is 1610. The van der Waals surface area contributed by atoms with Crippen LogP contribution in [0.2, 0.25) is 0 Å². The van der Waals surface area contributed by atoms with Crippen LogP contribution >= 0.6 is 0 Å². The fourth-order valence-corrected chi connectivity index (χ4v) is 4.87. The summed E-state index contributed by atoms with van der Waals surface area (Å²) in [5.41, 5.74) is 6.12. The van der Waals surface area contributed by atoms with E-state index in [0.29, 0.717) is 36.8 Å². The van der Waals surface area contributed by atoms with Crippen molar-refractivity contribution in [2.75, 3.05) is 27.3 Å². The van der Waals surface area contributed by atoms with E-state index in [2.05, 4.69) is 10.1 Å². The molecule has 0 N–H and O–H groups in total. The second-order valence-electron chi connectivity index (χ2n) is 9.57. The van der Waals surface area contributed by atoms with Gasteiger partial charge in [-0.25, -0.2) is 4.98 Å². The Kier molecular flexibility index (Phi) is 6.50. The molecule has 0 atom stereocenters. The van der Waals surface area contributed by atoms with Crippen LogP contribution in [0.4, 0.5) is 0 Å². The summed E-state index contributed by atoms with van der Waals surface area (Å²) in [5.74, 6) is 0.736. The molecule has 1 saturated heterocycles. The molecule has 6 rings (SSSR count). The van der Waals surface area contributed by atoms with Crippen molar-refractivity contribution in [3.05, 3.63) is 90.5 Å². The first-order valence-electron chi connectivity index (χ1n) is 12.7. The number of methoxy groups -OCH3 is 2. The number of imidazole rings is 1. The summed E-state index contributed by atoms with van der Waals surface area (Å²) < 4.78 is 21.1. The summed E-state index contributed by atoms with van der Waals surface area (Å²) in [6.07, 6.45) is 5.57. The number of ether oxygens (including phenoxy) is 3. The fraction of sp³-hybridized carbons (Fsp3) is 0.233. The number of nitrogens with zero attached hydrogens (tertiary/aromatic N) is 5. The summed E-state index contributed by atoms with van der Waals surface area (Å²) in [6, 6.07) is 19.8. The summed E-state index contributed by atoms with van der Waals surface area (Å²) in [7, 11) is 5.01. The lowest BCUT2D eigenvalue weighted by atomic mass is 10.1. The lowest BCUT2D eigenvalue weighted by molar-refractivity contribution is -0.0504. The maximum Gasteiger partial charge on any atom is 0.261 e. The van der Waals surface area contributed by atoms with Crippen molar-refractivity contribution >= 4 is 16.9 Å². The van der Waals surface area contributed by atoms with Crippen LogP contribution in [0.3, 0.4) is 0 Å². The normalized spacial score (nSPS) is 13.5. The monoisotopic (exact) mass is 523 g/mol. The van der Waals surface area contributed by atoms with Gasteiger partial charge in [0, 0.05) is 44.0 Å². The van der Waals surface area contributed by atoms with Gasteiger partial charge in [-0.15, -0.1) is 0 Å². The third-order valence-electron chi connectivity index (χ3n) is 7.03. The van der Waals surface area contributed by atoms with Crippen LogP contribution in [0.15, 0.2) is 79.4 Å². The number of amides is 1. The smallest absolute Gasteiger partial charge is 0.261 e. The van der Waals surface area contributed by atoms with Gasteiger partial charge in [0.15, 0.2) is 0 Å². The van der Waals surface area contributed by atoms with Crippen molar-refractivity contribution in [2.45, 2.75) is 12.7 Å². The predicted molar refractivity (Wildman–Crippen MR) is 147 cm³/mol. The molecule has 9 heteroatoms. The first-order chi connectivity index (χ1) is 19.0. The topological polar surface area (TPSA) is 83.6 Å². The lowest BCUT2D eigenvalue weighted by Crippen LogP contribution is -2.54. The Hall–Kier alpha value is -4.63. The highest BCUT2D eigenvalue weighted by Crippen LogP contribution is 2.36. The molecular formula is C30H29N5O4. The highest BCUT2D eigenvalue weighted by molar-refractivity contribution is 6.01. The van der Waals surface area contributed by atoms with E-state index in [9.17, 15) is 4.79 Å². The summed E-state index contributed by atoms with van der Waals surface area (Å²) >= 11 is 0. The van der Waals surface area contributed by atoms with Crippen LogP contribution in [0.1, 0.15) is 15.9 Å². The van der Waals surface area contributed by atoms with Gasteiger partial charge in [-0.1, -0.05) is 36.4 Å². The van der Waals surface area contributed by atoms with Gasteiger partial charge in [0.05, 0.1) is 49.8 Å². The summed E-state index contributed by atoms with van der Waals surface area (Å²) in [4.78, 5) is 19.8. The van der Waals surface area contributed by atoms with E-state index in [1.807, 2.05) is 84.7 Å². The zero-order chi connectivity index (χ0) is 26.9. The number of rotatable bonds is 8. The number of likely N-dealkylation sites (tertiary alicyclic amines) is 1. The largest absolute Gasteiger partial charge is 0.496 e. The molecule has 9 nitrogen and oxygen atoms in total. The molecule has 1 aliphatic rings. The average molecular weight is 524 g/mol. The van der Waals surface area contributed by atoms with Gasteiger partial charge in [0.1, 0.15) is 23.4 Å². The zero-order valence-corrected chi connectivity index (χ0v) is 22.1. The minimum Gasteiger partial charge on any atom is -0.496 e. The molecule has 0 unspecified atom stereocenters. The van der Waals surface area contributed by atoms with Gasteiger partial charge in [-0.2, -0.15) is 5.10 Å². The van der Waals surface area contributed by atoms with E-state index in [1.54, 1.807) is 30.1 Å². The molecule has 0 spiro atoms. The number of hydrogen-bond donors (Lipinski definition) is 0. The second kappa shape index (κ2) is 10.3. The van der Waals surface area contributed by atoms with Gasteiger partial charge in [0.25, 0.3) is 5.91 Å². The fourth-order valence-electron chi connectivity index (χ4n) is 4.87. The number of fused-ring (bicyclic) bond motifs is 1. The standard InChI is InChI=1S/C30H29N5O4/c1-33-15-22(14-32-33)21-9-10-26-25(11-21)31-19-35(26)23-12-27(37-2)29(28(13-23)38-3)30(36)34-16-24(17-34)39-18-20-7-5-4-6-8-20/h4-15,19,24H,16-18H2,1-3H3. The molecule has 1 aliphatic heterocycles. The van der Waals surface area contributed by atoms with Crippen molar-refractivity contribution < 1.29 is 19.0 Å². The van der Waals surface area contributed by atoms with E-state index in [1.165, 1.54) is 0 Å². The molecule has 198 valence electrons. The molecule has 5 aromatic rings. The lowest BCUT2D eigenvalue weighted by Gasteiger charge is -2.39. The average Bonchev–Trinajstić information content (AvgIpc) is 3.57. The molecule has 39 heavy (non-hydrogen) atoms. The number of carbonyl (C=O) groups is 1. The van der Waals surface area contributed by atoms with E-state index in [4.69, 9.17) is 14.2 Å². The maximum atomic E-state index is 13.5. The Morgan fingerprint density at radius 2 is 1.72 bits per heavy atom. The predicted octanol–water partition coefficient (Wildman–Crippen LogP) is 4.48. The molecule has 3 heterocycles. The first-order valence-corrected chi connectivity index (χ1v) is 12.7. The number of aromatic nitrogens is 4. The Balaban J connectivity index is 1.23. The molecule has 3 aromatic carbocycles. The summed E-state index contributed by atoms with van der Waals surface area (Å²) in [5, 5.41) is 4.26. The quantitative estimate of drug-likeness (QED) is 0.298. The second-order valence-corrected chi connectivity index (χ2v) is 9.57. The number of benzene rings is 3. The zero-order valence-electron chi connectivity index (χ0n) is 22.1. The minimum atomic E-state index is -0.147. The van der Waals surface area contributed by atoms with Crippen LogP contribution in [-0.4, -0.2) is 63.6 Å². The van der Waals surface area contributed by atoms with Crippen molar-refractivity contribution in [3.8, 4) is 28.3 Å². The van der Waals surface area contributed by atoms with Crippen LogP contribution in [-0.2, 0) is 18.4 Å². The molecule has 2 aromatic heterocycles. The van der Waals surface area contributed by atoms with E-state index in [-0.39, 0.29) is 12.0 Å².